The summed E-state index contributed by atoms with van der Waals surface area (Å²) in [5.74, 6) is 1.55. The minimum absolute atomic E-state index is 0.000676. The van der Waals surface area contributed by atoms with Crippen LogP contribution in [-0.2, 0) is 0 Å². The Morgan fingerprint density at radius 3 is 2.64 bits per heavy atom. The Bertz CT molecular complexity index is 1220. The lowest BCUT2D eigenvalue weighted by molar-refractivity contribution is 0.350. The second kappa shape index (κ2) is 6.22. The predicted molar refractivity (Wildman–Crippen MR) is 103 cm³/mol. The number of nitrogens with zero attached hydrogens (tertiary/aromatic N) is 8. The van der Waals surface area contributed by atoms with E-state index < -0.39 is 0 Å². The Labute approximate surface area is 160 Å². The summed E-state index contributed by atoms with van der Waals surface area (Å²) in [6.07, 6.45) is 4.94. The highest BCUT2D eigenvalue weighted by Gasteiger charge is 2.33. The van der Waals surface area contributed by atoms with Gasteiger partial charge in [-0.25, -0.2) is 9.67 Å². The molecule has 0 saturated carbocycles. The van der Waals surface area contributed by atoms with Crippen molar-refractivity contribution in [1.29, 1.82) is 0 Å². The maximum Gasteiger partial charge on any atom is 0.267 e. The molecule has 0 amide bonds. The predicted octanol–water partition coefficient (Wildman–Crippen LogP) is 1.42. The molecule has 1 aliphatic heterocycles. The fourth-order valence-electron chi connectivity index (χ4n) is 3.53. The number of fused-ring (bicyclic) bond motifs is 1. The number of aromatic nitrogens is 7. The lowest BCUT2D eigenvalue weighted by Gasteiger charge is -2.41. The van der Waals surface area contributed by atoms with E-state index in [0.29, 0.717) is 18.9 Å². The molecule has 0 bridgehead atoms. The van der Waals surface area contributed by atoms with E-state index in [1.165, 1.54) is 6.33 Å². The Hall–Kier alpha value is -3.62. The van der Waals surface area contributed by atoms with Crippen LogP contribution >= 0.6 is 0 Å². The highest BCUT2D eigenvalue weighted by atomic mass is 16.1. The third-order valence-electron chi connectivity index (χ3n) is 5.19. The van der Waals surface area contributed by atoms with Gasteiger partial charge in [0, 0.05) is 48.4 Å². The summed E-state index contributed by atoms with van der Waals surface area (Å²) in [5.41, 5.74) is 3.58. The molecule has 0 unspecified atom stereocenters. The zero-order valence-electron chi connectivity index (χ0n) is 15.5. The van der Waals surface area contributed by atoms with Gasteiger partial charge in [0.05, 0.1) is 11.7 Å². The van der Waals surface area contributed by atoms with Gasteiger partial charge >= 0.3 is 0 Å². The standard InChI is InChI=1S/C19H18N8O/c1-12-13(2)23-19-21-11-22-27(19)18(12)25-9-15(10-25)26-17(28)4-3-16(24-26)14-5-7-20-8-6-14/h3-8,11,15H,9-10H2,1-2H3. The summed E-state index contributed by atoms with van der Waals surface area (Å²) in [6, 6.07) is 7.09. The molecule has 0 aromatic carbocycles. The number of pyridine rings is 1. The molecule has 0 N–H and O–H groups in total. The van der Waals surface area contributed by atoms with Gasteiger partial charge in [0.15, 0.2) is 0 Å². The maximum atomic E-state index is 12.4. The molecule has 5 rings (SSSR count). The smallest absolute Gasteiger partial charge is 0.267 e. The molecule has 4 aromatic heterocycles. The number of anilines is 1. The van der Waals surface area contributed by atoms with Crippen LogP contribution in [0.1, 0.15) is 17.3 Å². The second-order valence-corrected chi connectivity index (χ2v) is 6.91. The molecule has 0 radical (unpaired) electrons. The molecule has 140 valence electrons. The van der Waals surface area contributed by atoms with Gasteiger partial charge in [0.25, 0.3) is 11.3 Å². The third-order valence-corrected chi connectivity index (χ3v) is 5.19. The fraction of sp³-hybridized carbons (Fsp3) is 0.263. The van der Waals surface area contributed by atoms with Crippen molar-refractivity contribution < 1.29 is 0 Å². The van der Waals surface area contributed by atoms with E-state index in [9.17, 15) is 4.79 Å². The Kier molecular flexibility index (Phi) is 3.68. The molecule has 1 aliphatic rings. The van der Waals surface area contributed by atoms with Crippen molar-refractivity contribution in [2.75, 3.05) is 18.0 Å². The van der Waals surface area contributed by atoms with E-state index in [1.807, 2.05) is 26.0 Å². The van der Waals surface area contributed by atoms with Gasteiger partial charge in [-0.15, -0.1) is 0 Å². The van der Waals surface area contributed by atoms with Crippen LogP contribution in [0.5, 0.6) is 0 Å². The van der Waals surface area contributed by atoms with Crippen LogP contribution in [0.4, 0.5) is 5.82 Å². The van der Waals surface area contributed by atoms with Crippen LogP contribution in [0.15, 0.2) is 47.8 Å². The van der Waals surface area contributed by atoms with Gasteiger partial charge in [-0.3, -0.25) is 9.78 Å². The highest BCUT2D eigenvalue weighted by Crippen LogP contribution is 2.30. The van der Waals surface area contributed by atoms with E-state index in [4.69, 9.17) is 0 Å². The average Bonchev–Trinajstić information content (AvgIpc) is 3.13. The molecule has 1 saturated heterocycles. The lowest BCUT2D eigenvalue weighted by atomic mass is 10.1. The first-order valence-electron chi connectivity index (χ1n) is 9.04. The molecule has 9 nitrogen and oxygen atoms in total. The number of aryl methyl sites for hydroxylation is 1. The normalized spacial score (nSPS) is 14.4. The molecule has 28 heavy (non-hydrogen) atoms. The van der Waals surface area contributed by atoms with Crippen molar-refractivity contribution in [2.24, 2.45) is 0 Å². The van der Waals surface area contributed by atoms with E-state index >= 15 is 0 Å². The largest absolute Gasteiger partial charge is 0.352 e. The van der Waals surface area contributed by atoms with Crippen LogP contribution in [-0.4, -0.2) is 47.4 Å². The van der Waals surface area contributed by atoms with Gasteiger partial charge in [-0.2, -0.15) is 19.7 Å². The summed E-state index contributed by atoms with van der Waals surface area (Å²) in [5, 5.41) is 8.89. The summed E-state index contributed by atoms with van der Waals surface area (Å²) in [6.45, 7) is 5.34. The fourth-order valence-corrected chi connectivity index (χ4v) is 3.53. The second-order valence-electron chi connectivity index (χ2n) is 6.91. The summed E-state index contributed by atoms with van der Waals surface area (Å²) < 4.78 is 3.33. The van der Waals surface area contributed by atoms with Crippen LogP contribution in [0, 0.1) is 13.8 Å². The van der Waals surface area contributed by atoms with Crippen LogP contribution in [0.25, 0.3) is 17.0 Å². The van der Waals surface area contributed by atoms with Crippen molar-refractivity contribution in [3.8, 4) is 11.3 Å². The van der Waals surface area contributed by atoms with Crippen LogP contribution < -0.4 is 10.5 Å². The zero-order valence-corrected chi connectivity index (χ0v) is 15.5. The van der Waals surface area contributed by atoms with E-state index in [2.05, 4.69) is 30.0 Å². The van der Waals surface area contributed by atoms with Gasteiger partial charge < -0.3 is 4.90 Å². The minimum Gasteiger partial charge on any atom is -0.352 e. The topological polar surface area (TPSA) is 94.1 Å². The third kappa shape index (κ3) is 2.55. The van der Waals surface area contributed by atoms with Gasteiger partial charge in [-0.1, -0.05) is 0 Å². The van der Waals surface area contributed by atoms with Gasteiger partial charge in [-0.05, 0) is 32.0 Å². The van der Waals surface area contributed by atoms with Crippen molar-refractivity contribution in [3.05, 3.63) is 64.6 Å². The summed E-state index contributed by atoms with van der Waals surface area (Å²) >= 11 is 0. The molecule has 0 aliphatic carbocycles. The monoisotopic (exact) mass is 374 g/mol. The van der Waals surface area contributed by atoms with E-state index in [-0.39, 0.29) is 11.6 Å². The molecule has 5 heterocycles. The van der Waals surface area contributed by atoms with Crippen molar-refractivity contribution in [2.45, 2.75) is 19.9 Å². The minimum atomic E-state index is -0.101. The van der Waals surface area contributed by atoms with Gasteiger partial charge in [0.2, 0.25) is 0 Å². The molecular formula is C19H18N8O. The molecular weight excluding hydrogens is 356 g/mol. The Balaban J connectivity index is 1.46. The molecule has 9 heteroatoms. The highest BCUT2D eigenvalue weighted by molar-refractivity contribution is 5.58. The summed E-state index contributed by atoms with van der Waals surface area (Å²) in [7, 11) is 0. The Morgan fingerprint density at radius 1 is 1.07 bits per heavy atom. The first-order valence-corrected chi connectivity index (χ1v) is 9.04. The first kappa shape index (κ1) is 16.5. The molecule has 0 atom stereocenters. The molecule has 1 fully saturated rings. The SMILES string of the molecule is Cc1nc2ncnn2c(N2CC(n3nc(-c4ccncc4)ccc3=O)C2)c1C. The number of rotatable bonds is 3. The quantitative estimate of drug-likeness (QED) is 0.535. The number of hydrogen-bond acceptors (Lipinski definition) is 7. The van der Waals surface area contributed by atoms with E-state index in [0.717, 1.165) is 28.3 Å². The Morgan fingerprint density at radius 2 is 1.86 bits per heavy atom. The molecule has 4 aromatic rings. The van der Waals surface area contributed by atoms with Crippen LogP contribution in [0.3, 0.4) is 0 Å². The van der Waals surface area contributed by atoms with Crippen LogP contribution in [0.2, 0.25) is 0 Å². The maximum absolute atomic E-state index is 12.4. The van der Waals surface area contributed by atoms with E-state index in [1.54, 1.807) is 33.7 Å². The van der Waals surface area contributed by atoms with Crippen molar-refractivity contribution in [3.63, 3.8) is 0 Å². The zero-order chi connectivity index (χ0) is 19.3. The number of hydrogen-bond donors (Lipinski definition) is 0. The summed E-state index contributed by atoms with van der Waals surface area (Å²) in [4.78, 5) is 27.3. The van der Waals surface area contributed by atoms with Crippen molar-refractivity contribution >= 4 is 11.6 Å². The lowest BCUT2D eigenvalue weighted by Crippen LogP contribution is -2.52. The average molecular weight is 374 g/mol. The molecule has 0 spiro atoms. The van der Waals surface area contributed by atoms with Gasteiger partial charge in [0.1, 0.15) is 12.1 Å². The van der Waals surface area contributed by atoms with Crippen molar-refractivity contribution in [1.82, 2.24) is 34.3 Å². The first-order chi connectivity index (χ1) is 13.6.